The summed E-state index contributed by atoms with van der Waals surface area (Å²) in [5.74, 6) is -1.18. The molecular weight excluding hydrogens is 258 g/mol. The van der Waals surface area contributed by atoms with Crippen LogP contribution >= 0.6 is 0 Å². The van der Waals surface area contributed by atoms with Crippen molar-refractivity contribution in [2.75, 3.05) is 18.1 Å². The van der Waals surface area contributed by atoms with E-state index < -0.39 is 17.5 Å². The number of aryl methyl sites for hydroxylation is 2. The molecule has 0 aliphatic carbocycles. The highest BCUT2D eigenvalue weighted by atomic mass is 16.5. The van der Waals surface area contributed by atoms with Crippen LogP contribution in [-0.4, -0.2) is 36.2 Å². The second-order valence-corrected chi connectivity index (χ2v) is 5.63. The zero-order chi connectivity index (χ0) is 14.5. The third-order valence-corrected chi connectivity index (χ3v) is 4.40. The van der Waals surface area contributed by atoms with Crippen LogP contribution in [0.5, 0.6) is 0 Å². The summed E-state index contributed by atoms with van der Waals surface area (Å²) in [4.78, 5) is 25.8. The first-order valence-electron chi connectivity index (χ1n) is 6.70. The largest absolute Gasteiger partial charge is 0.481 e. The van der Waals surface area contributed by atoms with Gasteiger partial charge in [-0.05, 0) is 31.4 Å². The molecule has 106 valence electrons. The standard InChI is InChI=1S/C15H17NO4/c1-9-4-3-5-10(2)11(9)16-8-15(14(18)19)6-7-20-12(15)13(16)17/h3-5,12H,6-8H2,1-2H3,(H,18,19)/t12-,15-/m1/s1. The van der Waals surface area contributed by atoms with E-state index in [1.54, 1.807) is 4.90 Å². The predicted molar refractivity (Wildman–Crippen MR) is 72.7 cm³/mol. The van der Waals surface area contributed by atoms with Crippen LogP contribution in [-0.2, 0) is 14.3 Å². The zero-order valence-corrected chi connectivity index (χ0v) is 11.5. The lowest BCUT2D eigenvalue weighted by molar-refractivity contribution is -0.152. The molecular formula is C15H17NO4. The molecule has 0 aromatic heterocycles. The number of ether oxygens (including phenoxy) is 1. The molecule has 1 N–H and O–H groups in total. The van der Waals surface area contributed by atoms with Crippen molar-refractivity contribution < 1.29 is 19.4 Å². The number of hydrogen-bond acceptors (Lipinski definition) is 3. The molecule has 3 rings (SSSR count). The smallest absolute Gasteiger partial charge is 0.314 e. The van der Waals surface area contributed by atoms with Gasteiger partial charge in [-0.1, -0.05) is 18.2 Å². The fourth-order valence-corrected chi connectivity index (χ4v) is 3.33. The summed E-state index contributed by atoms with van der Waals surface area (Å²) in [6, 6.07) is 5.79. The molecule has 20 heavy (non-hydrogen) atoms. The molecule has 5 heteroatoms. The molecule has 0 spiro atoms. The van der Waals surface area contributed by atoms with Crippen LogP contribution in [0.4, 0.5) is 5.69 Å². The van der Waals surface area contributed by atoms with Gasteiger partial charge in [-0.15, -0.1) is 0 Å². The number of para-hydroxylation sites is 1. The van der Waals surface area contributed by atoms with Crippen molar-refractivity contribution in [2.24, 2.45) is 5.41 Å². The number of hydrogen-bond donors (Lipinski definition) is 1. The summed E-state index contributed by atoms with van der Waals surface area (Å²) in [6.07, 6.45) is -0.459. The van der Waals surface area contributed by atoms with Gasteiger partial charge in [-0.2, -0.15) is 0 Å². The predicted octanol–water partition coefficient (Wildman–Crippen LogP) is 1.51. The fourth-order valence-electron chi connectivity index (χ4n) is 3.33. The number of anilines is 1. The number of amides is 1. The second kappa shape index (κ2) is 4.31. The van der Waals surface area contributed by atoms with Gasteiger partial charge in [0.2, 0.25) is 0 Å². The lowest BCUT2D eigenvalue weighted by Gasteiger charge is -2.24. The van der Waals surface area contributed by atoms with Crippen molar-refractivity contribution in [3.63, 3.8) is 0 Å². The highest BCUT2D eigenvalue weighted by Crippen LogP contribution is 2.45. The molecule has 2 aliphatic heterocycles. The Labute approximate surface area is 117 Å². The first-order chi connectivity index (χ1) is 9.47. The Balaban J connectivity index is 2.06. The molecule has 1 aromatic rings. The van der Waals surface area contributed by atoms with E-state index >= 15 is 0 Å². The van der Waals surface area contributed by atoms with Crippen LogP contribution in [0, 0.1) is 19.3 Å². The van der Waals surface area contributed by atoms with E-state index in [-0.39, 0.29) is 12.5 Å². The zero-order valence-electron chi connectivity index (χ0n) is 11.5. The van der Waals surface area contributed by atoms with Crippen LogP contribution in [0.1, 0.15) is 17.5 Å². The van der Waals surface area contributed by atoms with Crippen LogP contribution in [0.15, 0.2) is 18.2 Å². The maximum atomic E-state index is 12.5. The van der Waals surface area contributed by atoms with Crippen molar-refractivity contribution in [2.45, 2.75) is 26.4 Å². The maximum Gasteiger partial charge on any atom is 0.314 e. The number of benzene rings is 1. The van der Waals surface area contributed by atoms with Gasteiger partial charge in [0.15, 0.2) is 6.10 Å². The van der Waals surface area contributed by atoms with Gasteiger partial charge in [-0.25, -0.2) is 0 Å². The SMILES string of the molecule is Cc1cccc(C)c1N1C[C@]2(C(=O)O)CCO[C@@H]2C1=O. The molecule has 5 nitrogen and oxygen atoms in total. The van der Waals surface area contributed by atoms with Gasteiger partial charge in [0.05, 0.1) is 0 Å². The van der Waals surface area contributed by atoms with Crippen molar-refractivity contribution in [1.82, 2.24) is 0 Å². The first-order valence-corrected chi connectivity index (χ1v) is 6.70. The molecule has 1 aromatic carbocycles. The minimum absolute atomic E-state index is 0.192. The molecule has 2 saturated heterocycles. The van der Waals surface area contributed by atoms with E-state index in [9.17, 15) is 14.7 Å². The van der Waals surface area contributed by atoms with Gasteiger partial charge >= 0.3 is 5.97 Å². The van der Waals surface area contributed by atoms with E-state index in [1.165, 1.54) is 0 Å². The molecule has 0 saturated carbocycles. The minimum Gasteiger partial charge on any atom is -0.481 e. The van der Waals surface area contributed by atoms with Gasteiger partial charge in [-0.3, -0.25) is 9.59 Å². The molecule has 2 heterocycles. The Morgan fingerprint density at radius 1 is 1.40 bits per heavy atom. The van der Waals surface area contributed by atoms with Gasteiger partial charge in [0.1, 0.15) is 5.41 Å². The number of carboxylic acid groups (broad SMARTS) is 1. The monoisotopic (exact) mass is 275 g/mol. The van der Waals surface area contributed by atoms with Crippen molar-refractivity contribution in [3.05, 3.63) is 29.3 Å². The molecule has 0 radical (unpaired) electrons. The Kier molecular flexibility index (Phi) is 2.83. The molecule has 2 atom stereocenters. The summed E-state index contributed by atoms with van der Waals surface area (Å²) in [5, 5.41) is 9.54. The quantitative estimate of drug-likeness (QED) is 0.888. The average Bonchev–Trinajstić information content (AvgIpc) is 2.91. The highest BCUT2D eigenvalue weighted by molar-refractivity contribution is 6.05. The lowest BCUT2D eigenvalue weighted by atomic mass is 9.83. The normalized spacial score (nSPS) is 28.8. The summed E-state index contributed by atoms with van der Waals surface area (Å²) in [6.45, 7) is 4.39. The van der Waals surface area contributed by atoms with Gasteiger partial charge in [0, 0.05) is 18.8 Å². The fraction of sp³-hybridized carbons (Fsp3) is 0.467. The number of carbonyl (C=O) groups is 2. The Morgan fingerprint density at radius 2 is 2.05 bits per heavy atom. The Hall–Kier alpha value is -1.88. The number of nitrogens with zero attached hydrogens (tertiary/aromatic N) is 1. The molecule has 0 unspecified atom stereocenters. The van der Waals surface area contributed by atoms with Crippen molar-refractivity contribution in [1.29, 1.82) is 0 Å². The van der Waals surface area contributed by atoms with Gasteiger partial charge < -0.3 is 14.7 Å². The van der Waals surface area contributed by atoms with Crippen molar-refractivity contribution in [3.8, 4) is 0 Å². The summed E-state index contributed by atoms with van der Waals surface area (Å²) < 4.78 is 5.41. The third-order valence-electron chi connectivity index (χ3n) is 4.40. The van der Waals surface area contributed by atoms with Crippen molar-refractivity contribution >= 4 is 17.6 Å². The van der Waals surface area contributed by atoms with Gasteiger partial charge in [0.25, 0.3) is 5.91 Å². The summed E-state index contributed by atoms with van der Waals surface area (Å²) in [7, 11) is 0. The van der Waals surface area contributed by atoms with E-state index in [2.05, 4.69) is 0 Å². The number of rotatable bonds is 2. The van der Waals surface area contributed by atoms with E-state index in [1.807, 2.05) is 32.0 Å². The third kappa shape index (κ3) is 1.59. The number of carbonyl (C=O) groups excluding carboxylic acids is 1. The maximum absolute atomic E-state index is 12.5. The second-order valence-electron chi connectivity index (χ2n) is 5.63. The van der Waals surface area contributed by atoms with E-state index in [0.717, 1.165) is 16.8 Å². The molecule has 0 bridgehead atoms. The Bertz CT molecular complexity index is 577. The summed E-state index contributed by atoms with van der Waals surface area (Å²) >= 11 is 0. The highest BCUT2D eigenvalue weighted by Gasteiger charge is 2.61. The van der Waals surface area contributed by atoms with Crippen LogP contribution in [0.25, 0.3) is 0 Å². The van der Waals surface area contributed by atoms with Crippen LogP contribution < -0.4 is 4.90 Å². The molecule has 1 amide bonds. The average molecular weight is 275 g/mol. The summed E-state index contributed by atoms with van der Waals surface area (Å²) in [5.41, 5.74) is 1.67. The Morgan fingerprint density at radius 3 is 2.60 bits per heavy atom. The molecule has 2 fully saturated rings. The first kappa shape index (κ1) is 13.1. The lowest BCUT2D eigenvalue weighted by Crippen LogP contribution is -2.39. The van der Waals surface area contributed by atoms with Crippen LogP contribution in [0.2, 0.25) is 0 Å². The number of aliphatic carboxylic acids is 1. The number of fused-ring (bicyclic) bond motifs is 1. The minimum atomic E-state index is -1.09. The van der Waals surface area contributed by atoms with E-state index in [4.69, 9.17) is 4.74 Å². The molecule has 2 aliphatic rings. The number of carboxylic acids is 1. The van der Waals surface area contributed by atoms with Crippen LogP contribution in [0.3, 0.4) is 0 Å². The topological polar surface area (TPSA) is 66.8 Å². The van der Waals surface area contributed by atoms with E-state index in [0.29, 0.717) is 13.0 Å².